The molecule has 2 aromatic carbocycles. The van der Waals surface area contributed by atoms with Crippen LogP contribution < -0.4 is 5.32 Å². The third-order valence-corrected chi connectivity index (χ3v) is 4.62. The normalized spacial score (nSPS) is 16.1. The van der Waals surface area contributed by atoms with E-state index in [2.05, 4.69) is 60.3 Å². The molecule has 0 aliphatic carbocycles. The van der Waals surface area contributed by atoms with Crippen molar-refractivity contribution in [3.63, 3.8) is 0 Å². The van der Waals surface area contributed by atoms with Gasteiger partial charge in [-0.25, -0.2) is 0 Å². The molecule has 5 nitrogen and oxygen atoms in total. The van der Waals surface area contributed by atoms with Crippen molar-refractivity contribution in [1.82, 2.24) is 20.1 Å². The molecule has 24 heavy (non-hydrogen) atoms. The van der Waals surface area contributed by atoms with Crippen LogP contribution in [0, 0.1) is 6.92 Å². The van der Waals surface area contributed by atoms with Crippen molar-refractivity contribution < 1.29 is 0 Å². The monoisotopic (exact) mass is 381 g/mol. The van der Waals surface area contributed by atoms with Crippen molar-refractivity contribution in [1.29, 1.82) is 0 Å². The molecule has 6 heteroatoms. The summed E-state index contributed by atoms with van der Waals surface area (Å²) in [7, 11) is 1.89. The lowest BCUT2D eigenvalue weighted by Crippen LogP contribution is -2.18. The fourth-order valence-corrected chi connectivity index (χ4v) is 3.37. The van der Waals surface area contributed by atoms with Crippen molar-refractivity contribution in [3.8, 4) is 5.69 Å². The Kier molecular flexibility index (Phi) is 3.78. The van der Waals surface area contributed by atoms with Gasteiger partial charge >= 0.3 is 0 Å². The molecule has 4 rings (SSSR count). The molecule has 0 spiro atoms. The van der Waals surface area contributed by atoms with Crippen LogP contribution in [0.5, 0.6) is 0 Å². The zero-order chi connectivity index (χ0) is 16.7. The number of fused-ring (bicyclic) bond motifs is 3. The summed E-state index contributed by atoms with van der Waals surface area (Å²) in [4.78, 5) is 4.96. The van der Waals surface area contributed by atoms with Crippen LogP contribution in [0.15, 0.2) is 58.0 Å². The average Bonchev–Trinajstić information content (AvgIpc) is 2.92. The number of aromatic nitrogens is 3. The highest BCUT2D eigenvalue weighted by Crippen LogP contribution is 2.31. The van der Waals surface area contributed by atoms with E-state index in [1.165, 1.54) is 0 Å². The first-order chi connectivity index (χ1) is 11.7. The van der Waals surface area contributed by atoms with Crippen LogP contribution in [0.4, 0.5) is 0 Å². The lowest BCUT2D eigenvalue weighted by molar-refractivity contribution is 0.578. The molecule has 0 fully saturated rings. The first-order valence-electron chi connectivity index (χ1n) is 7.71. The van der Waals surface area contributed by atoms with Gasteiger partial charge in [0.2, 0.25) is 0 Å². The molecule has 0 saturated carbocycles. The standard InChI is InChI=1S/C18H16BrN5/c1-11-22-23-18-17(20-2)21-16(12-6-4-3-5-7-12)14-9-8-13(19)10-15(14)24(11)18/h3-10,17,20H,1-2H3. The van der Waals surface area contributed by atoms with Gasteiger partial charge in [0.1, 0.15) is 5.82 Å². The van der Waals surface area contributed by atoms with Gasteiger partial charge in [0.15, 0.2) is 12.0 Å². The molecule has 0 saturated heterocycles. The molecular weight excluding hydrogens is 366 g/mol. The summed E-state index contributed by atoms with van der Waals surface area (Å²) in [6, 6.07) is 16.4. The topological polar surface area (TPSA) is 55.1 Å². The van der Waals surface area contributed by atoms with E-state index in [0.29, 0.717) is 0 Å². The molecule has 1 atom stereocenters. The molecule has 120 valence electrons. The Labute approximate surface area is 148 Å². The molecule has 1 N–H and O–H groups in total. The van der Waals surface area contributed by atoms with E-state index in [1.54, 1.807) is 0 Å². The number of halogens is 1. The van der Waals surface area contributed by atoms with Gasteiger partial charge in [-0.1, -0.05) is 46.3 Å². The van der Waals surface area contributed by atoms with Crippen LogP contribution in [0.3, 0.4) is 0 Å². The smallest absolute Gasteiger partial charge is 0.177 e. The number of hydrogen-bond acceptors (Lipinski definition) is 4. The maximum Gasteiger partial charge on any atom is 0.177 e. The maximum atomic E-state index is 4.96. The molecule has 1 unspecified atom stereocenters. The molecule has 0 amide bonds. The Bertz CT molecular complexity index is 930. The molecule has 1 aromatic heterocycles. The lowest BCUT2D eigenvalue weighted by Gasteiger charge is -2.13. The van der Waals surface area contributed by atoms with Crippen molar-refractivity contribution in [3.05, 3.63) is 75.8 Å². The second-order valence-corrected chi connectivity index (χ2v) is 6.55. The van der Waals surface area contributed by atoms with Crippen LogP contribution in [0.25, 0.3) is 5.69 Å². The predicted octanol–water partition coefficient (Wildman–Crippen LogP) is 3.41. The van der Waals surface area contributed by atoms with Gasteiger partial charge in [-0.05, 0) is 32.2 Å². The van der Waals surface area contributed by atoms with E-state index < -0.39 is 0 Å². The molecule has 1 aliphatic heterocycles. The largest absolute Gasteiger partial charge is 0.292 e. The van der Waals surface area contributed by atoms with Gasteiger partial charge in [0, 0.05) is 15.6 Å². The zero-order valence-corrected chi connectivity index (χ0v) is 14.9. The van der Waals surface area contributed by atoms with Crippen LogP contribution in [-0.4, -0.2) is 27.5 Å². The second kappa shape index (κ2) is 5.96. The lowest BCUT2D eigenvalue weighted by atomic mass is 10.0. The Balaban J connectivity index is 2.05. The van der Waals surface area contributed by atoms with Crippen LogP contribution >= 0.6 is 15.9 Å². The Morgan fingerprint density at radius 3 is 2.62 bits per heavy atom. The third-order valence-electron chi connectivity index (χ3n) is 4.13. The predicted molar refractivity (Wildman–Crippen MR) is 97.7 cm³/mol. The maximum absolute atomic E-state index is 4.96. The number of aryl methyl sites for hydroxylation is 1. The third kappa shape index (κ3) is 2.39. The summed E-state index contributed by atoms with van der Waals surface area (Å²) in [6.45, 7) is 1.96. The van der Waals surface area contributed by atoms with Gasteiger partial charge < -0.3 is 0 Å². The summed E-state index contributed by atoms with van der Waals surface area (Å²) in [6.07, 6.45) is -0.257. The van der Waals surface area contributed by atoms with Crippen molar-refractivity contribution in [2.24, 2.45) is 4.99 Å². The summed E-state index contributed by atoms with van der Waals surface area (Å²) in [5.74, 6) is 1.63. The minimum Gasteiger partial charge on any atom is -0.292 e. The van der Waals surface area contributed by atoms with E-state index in [4.69, 9.17) is 4.99 Å². The van der Waals surface area contributed by atoms with Crippen LogP contribution in [0.2, 0.25) is 0 Å². The number of benzene rings is 2. The molecule has 3 aromatic rings. The summed E-state index contributed by atoms with van der Waals surface area (Å²) in [5.41, 5.74) is 4.12. The van der Waals surface area contributed by atoms with Gasteiger partial charge in [-0.15, -0.1) is 10.2 Å². The fraction of sp³-hybridized carbons (Fsp3) is 0.167. The second-order valence-electron chi connectivity index (χ2n) is 5.64. The number of aliphatic imine (C=N–C) groups is 1. The molecular formula is C18H16BrN5. The quantitative estimate of drug-likeness (QED) is 0.739. The minimum absolute atomic E-state index is 0.257. The zero-order valence-electron chi connectivity index (χ0n) is 13.4. The van der Waals surface area contributed by atoms with Crippen molar-refractivity contribution in [2.45, 2.75) is 13.1 Å². The van der Waals surface area contributed by atoms with E-state index in [9.17, 15) is 0 Å². The minimum atomic E-state index is -0.257. The van der Waals surface area contributed by atoms with E-state index in [0.717, 1.165) is 38.6 Å². The van der Waals surface area contributed by atoms with E-state index in [1.807, 2.05) is 38.2 Å². The van der Waals surface area contributed by atoms with Gasteiger partial charge in [0.25, 0.3) is 0 Å². The number of nitrogens with one attached hydrogen (secondary N) is 1. The number of rotatable bonds is 2. The highest BCUT2D eigenvalue weighted by molar-refractivity contribution is 9.10. The van der Waals surface area contributed by atoms with Crippen LogP contribution in [0.1, 0.15) is 28.9 Å². The highest BCUT2D eigenvalue weighted by atomic mass is 79.9. The fourth-order valence-electron chi connectivity index (χ4n) is 3.02. The Hall–Kier alpha value is -2.31. The van der Waals surface area contributed by atoms with Gasteiger partial charge in [-0.2, -0.15) is 0 Å². The molecule has 2 heterocycles. The van der Waals surface area contributed by atoms with E-state index >= 15 is 0 Å². The van der Waals surface area contributed by atoms with Gasteiger partial charge in [0.05, 0.1) is 11.4 Å². The Morgan fingerprint density at radius 2 is 1.88 bits per heavy atom. The summed E-state index contributed by atoms with van der Waals surface area (Å²) < 4.78 is 3.08. The summed E-state index contributed by atoms with van der Waals surface area (Å²) >= 11 is 3.58. The van der Waals surface area contributed by atoms with Gasteiger partial charge in [-0.3, -0.25) is 14.9 Å². The molecule has 0 radical (unpaired) electrons. The highest BCUT2D eigenvalue weighted by Gasteiger charge is 2.27. The molecule has 1 aliphatic rings. The summed E-state index contributed by atoms with van der Waals surface area (Å²) in [5, 5.41) is 11.8. The van der Waals surface area contributed by atoms with Crippen molar-refractivity contribution >= 4 is 21.6 Å². The number of hydrogen-bond donors (Lipinski definition) is 1. The average molecular weight is 382 g/mol. The van der Waals surface area contributed by atoms with Crippen molar-refractivity contribution in [2.75, 3.05) is 7.05 Å². The SMILES string of the molecule is CNC1N=C(c2ccccc2)c2ccc(Br)cc2-n2c(C)nnc21. The number of nitrogens with zero attached hydrogens (tertiary/aromatic N) is 4. The first kappa shape index (κ1) is 15.2. The molecule has 0 bridgehead atoms. The van der Waals surface area contributed by atoms with Crippen LogP contribution in [-0.2, 0) is 0 Å². The first-order valence-corrected chi connectivity index (χ1v) is 8.51. The van der Waals surface area contributed by atoms with E-state index in [-0.39, 0.29) is 6.17 Å². The Morgan fingerprint density at radius 1 is 1.08 bits per heavy atom.